The highest BCUT2D eigenvalue weighted by Gasteiger charge is 2.27. The van der Waals surface area contributed by atoms with Gasteiger partial charge in [0.25, 0.3) is 0 Å². The van der Waals surface area contributed by atoms with Gasteiger partial charge in [-0.25, -0.2) is 4.79 Å². The van der Waals surface area contributed by atoms with Crippen molar-refractivity contribution >= 4 is 5.97 Å². The maximum absolute atomic E-state index is 12.0. The molecule has 1 aromatic carbocycles. The second kappa shape index (κ2) is 5.87. The molecule has 2 atom stereocenters. The van der Waals surface area contributed by atoms with Gasteiger partial charge in [-0.3, -0.25) is 0 Å². The summed E-state index contributed by atoms with van der Waals surface area (Å²) in [5.74, 6) is 0.0613. The molecule has 0 heterocycles. The highest BCUT2D eigenvalue weighted by atomic mass is 16.6. The van der Waals surface area contributed by atoms with Crippen molar-refractivity contribution in [1.82, 2.24) is 0 Å². The molecule has 0 aromatic heterocycles. The zero-order chi connectivity index (χ0) is 13.0. The van der Waals surface area contributed by atoms with Crippen LogP contribution in [0.2, 0.25) is 0 Å². The summed E-state index contributed by atoms with van der Waals surface area (Å²) >= 11 is 0. The van der Waals surface area contributed by atoms with Gasteiger partial charge in [-0.2, -0.15) is 0 Å². The molecule has 4 heteroatoms. The van der Waals surface area contributed by atoms with Crippen LogP contribution in [0.25, 0.3) is 0 Å². The van der Waals surface area contributed by atoms with Crippen molar-refractivity contribution in [2.75, 3.05) is 7.11 Å². The number of carbonyl (C=O) groups excluding carboxylic acids is 1. The van der Waals surface area contributed by atoms with E-state index in [-0.39, 0.29) is 0 Å². The Hall–Kier alpha value is -1.55. The molecular formula is C14H18O4. The van der Waals surface area contributed by atoms with Gasteiger partial charge in [-0.15, -0.1) is 0 Å². The summed E-state index contributed by atoms with van der Waals surface area (Å²) < 4.78 is 10.5. The summed E-state index contributed by atoms with van der Waals surface area (Å²) in [5.41, 5.74) is 0.401. The minimum atomic E-state index is -0.544. The number of ether oxygens (including phenoxy) is 2. The lowest BCUT2D eigenvalue weighted by molar-refractivity contribution is -0.0362. The fourth-order valence-electron chi connectivity index (χ4n) is 2.23. The Morgan fingerprint density at radius 3 is 2.72 bits per heavy atom. The topological polar surface area (TPSA) is 55.8 Å². The van der Waals surface area contributed by atoms with E-state index in [4.69, 9.17) is 9.47 Å². The van der Waals surface area contributed by atoms with Crippen LogP contribution < -0.4 is 4.74 Å². The van der Waals surface area contributed by atoms with E-state index in [1.807, 2.05) is 0 Å². The van der Waals surface area contributed by atoms with Crippen LogP contribution in [0.4, 0.5) is 0 Å². The second-order valence-electron chi connectivity index (χ2n) is 4.50. The number of hydrogen-bond donors (Lipinski definition) is 1. The largest absolute Gasteiger partial charge is 0.496 e. The van der Waals surface area contributed by atoms with E-state index in [0.29, 0.717) is 17.7 Å². The first-order chi connectivity index (χ1) is 8.72. The number of carbonyl (C=O) groups is 1. The van der Waals surface area contributed by atoms with Crippen LogP contribution in [0, 0.1) is 0 Å². The van der Waals surface area contributed by atoms with Crippen LogP contribution in [0.15, 0.2) is 24.3 Å². The fraction of sp³-hybridized carbons (Fsp3) is 0.500. The average molecular weight is 250 g/mol. The Balaban J connectivity index is 2.07. The second-order valence-corrected chi connectivity index (χ2v) is 4.50. The first-order valence-corrected chi connectivity index (χ1v) is 6.24. The van der Waals surface area contributed by atoms with Crippen LogP contribution in [-0.4, -0.2) is 30.4 Å². The average Bonchev–Trinajstić information content (AvgIpc) is 2.41. The maximum atomic E-state index is 12.0. The van der Waals surface area contributed by atoms with Crippen LogP contribution in [0.5, 0.6) is 5.75 Å². The van der Waals surface area contributed by atoms with Crippen molar-refractivity contribution in [2.45, 2.75) is 37.9 Å². The molecule has 1 saturated carbocycles. The molecule has 0 radical (unpaired) electrons. The van der Waals surface area contributed by atoms with E-state index < -0.39 is 18.2 Å². The normalized spacial score (nSPS) is 23.4. The molecule has 1 aliphatic carbocycles. The number of rotatable bonds is 3. The van der Waals surface area contributed by atoms with Gasteiger partial charge in [-0.1, -0.05) is 18.6 Å². The first-order valence-electron chi connectivity index (χ1n) is 6.24. The van der Waals surface area contributed by atoms with Crippen molar-refractivity contribution < 1.29 is 19.4 Å². The van der Waals surface area contributed by atoms with E-state index in [9.17, 15) is 9.90 Å². The van der Waals surface area contributed by atoms with Crippen LogP contribution >= 0.6 is 0 Å². The fourth-order valence-corrected chi connectivity index (χ4v) is 2.23. The lowest BCUT2D eigenvalue weighted by Gasteiger charge is -2.27. The number of aliphatic hydroxyl groups is 1. The van der Waals surface area contributed by atoms with Gasteiger partial charge in [0.1, 0.15) is 17.4 Å². The molecule has 0 bridgehead atoms. The Labute approximate surface area is 107 Å². The zero-order valence-corrected chi connectivity index (χ0v) is 10.5. The van der Waals surface area contributed by atoms with Crippen LogP contribution in [0.3, 0.4) is 0 Å². The van der Waals surface area contributed by atoms with Crippen LogP contribution in [-0.2, 0) is 4.74 Å². The van der Waals surface area contributed by atoms with Gasteiger partial charge in [0.2, 0.25) is 0 Å². The Kier molecular flexibility index (Phi) is 4.20. The summed E-state index contributed by atoms with van der Waals surface area (Å²) in [6, 6.07) is 6.94. The predicted octanol–water partition coefficient (Wildman–Crippen LogP) is 2.16. The third kappa shape index (κ3) is 2.82. The maximum Gasteiger partial charge on any atom is 0.342 e. The number of methoxy groups -OCH3 is 1. The molecule has 4 nitrogen and oxygen atoms in total. The number of para-hydroxylation sites is 1. The molecule has 18 heavy (non-hydrogen) atoms. The molecular weight excluding hydrogens is 232 g/mol. The molecule has 0 aliphatic heterocycles. The standard InChI is InChI=1S/C14H18O4/c1-17-12-8-4-2-6-10(12)14(16)18-13-9-5-3-7-11(13)15/h2,4,6,8,11,13,15H,3,5,7,9H2,1H3/t11-,13+/m1/s1. The van der Waals surface area contributed by atoms with Crippen molar-refractivity contribution in [3.63, 3.8) is 0 Å². The minimum Gasteiger partial charge on any atom is -0.496 e. The summed E-state index contributed by atoms with van der Waals surface area (Å²) in [6.07, 6.45) is 2.46. The molecule has 98 valence electrons. The molecule has 1 fully saturated rings. The van der Waals surface area contributed by atoms with Gasteiger partial charge in [0, 0.05) is 0 Å². The highest BCUT2D eigenvalue weighted by Crippen LogP contribution is 2.24. The molecule has 1 aromatic rings. The summed E-state index contributed by atoms with van der Waals surface area (Å²) in [5, 5.41) is 9.78. The SMILES string of the molecule is COc1ccccc1C(=O)O[C@H]1CCCC[C@H]1O. The number of hydrogen-bond acceptors (Lipinski definition) is 4. The zero-order valence-electron chi connectivity index (χ0n) is 10.5. The van der Waals surface area contributed by atoms with E-state index in [1.165, 1.54) is 7.11 Å². The monoisotopic (exact) mass is 250 g/mol. The lowest BCUT2D eigenvalue weighted by Crippen LogP contribution is -2.34. The Morgan fingerprint density at radius 2 is 2.00 bits per heavy atom. The van der Waals surface area contributed by atoms with Crippen LogP contribution in [0.1, 0.15) is 36.0 Å². The number of esters is 1. The quantitative estimate of drug-likeness (QED) is 0.835. The van der Waals surface area contributed by atoms with Gasteiger partial charge >= 0.3 is 5.97 Å². The van der Waals surface area contributed by atoms with E-state index in [1.54, 1.807) is 24.3 Å². The predicted molar refractivity (Wildman–Crippen MR) is 66.7 cm³/mol. The molecule has 2 rings (SSSR count). The summed E-state index contributed by atoms with van der Waals surface area (Å²) in [4.78, 5) is 12.0. The van der Waals surface area contributed by atoms with E-state index in [2.05, 4.69) is 0 Å². The third-order valence-corrected chi connectivity index (χ3v) is 3.25. The smallest absolute Gasteiger partial charge is 0.342 e. The first kappa shape index (κ1) is 12.9. The van der Waals surface area contributed by atoms with Crippen molar-refractivity contribution in [2.24, 2.45) is 0 Å². The van der Waals surface area contributed by atoms with Crippen molar-refractivity contribution in [3.8, 4) is 5.75 Å². The number of aliphatic hydroxyl groups excluding tert-OH is 1. The molecule has 0 amide bonds. The Morgan fingerprint density at radius 1 is 1.28 bits per heavy atom. The van der Waals surface area contributed by atoms with Crippen molar-refractivity contribution in [1.29, 1.82) is 0 Å². The molecule has 1 N–H and O–H groups in total. The minimum absolute atomic E-state index is 0.392. The molecule has 0 unspecified atom stereocenters. The van der Waals surface area contributed by atoms with Gasteiger partial charge in [-0.05, 0) is 31.4 Å². The number of benzene rings is 1. The van der Waals surface area contributed by atoms with Gasteiger partial charge < -0.3 is 14.6 Å². The van der Waals surface area contributed by atoms with Crippen molar-refractivity contribution in [3.05, 3.63) is 29.8 Å². The summed E-state index contributed by atoms with van der Waals surface area (Å²) in [6.45, 7) is 0. The molecule has 1 aliphatic rings. The van der Waals surface area contributed by atoms with E-state index >= 15 is 0 Å². The van der Waals surface area contributed by atoms with Gasteiger partial charge in [0.05, 0.1) is 13.2 Å². The molecule has 0 spiro atoms. The Bertz CT molecular complexity index is 416. The highest BCUT2D eigenvalue weighted by molar-refractivity contribution is 5.92. The summed E-state index contributed by atoms with van der Waals surface area (Å²) in [7, 11) is 1.52. The lowest BCUT2D eigenvalue weighted by atomic mass is 9.95. The molecule has 0 saturated heterocycles. The van der Waals surface area contributed by atoms with E-state index in [0.717, 1.165) is 19.3 Å². The third-order valence-electron chi connectivity index (χ3n) is 3.25. The van der Waals surface area contributed by atoms with Gasteiger partial charge in [0.15, 0.2) is 0 Å².